The molecule has 0 aliphatic rings. The Balaban J connectivity index is 2.00. The number of carbonyl (C=O) groups excluding carboxylic acids is 1. The van der Waals surface area contributed by atoms with E-state index in [1.807, 2.05) is 19.1 Å². The molecule has 4 rings (SSSR count). The molecule has 5 nitrogen and oxygen atoms in total. The van der Waals surface area contributed by atoms with Gasteiger partial charge in [0, 0.05) is 22.2 Å². The third-order valence-electron chi connectivity index (χ3n) is 4.39. The van der Waals surface area contributed by atoms with E-state index in [0.717, 1.165) is 5.56 Å². The molecule has 0 spiro atoms. The van der Waals surface area contributed by atoms with E-state index in [4.69, 9.17) is 11.6 Å². The van der Waals surface area contributed by atoms with E-state index in [2.05, 4.69) is 4.98 Å². The Bertz CT molecular complexity index is 1150. The van der Waals surface area contributed by atoms with Gasteiger partial charge in [-0.05, 0) is 24.6 Å². The van der Waals surface area contributed by atoms with Gasteiger partial charge in [0.15, 0.2) is 16.7 Å². The number of ketones is 1. The van der Waals surface area contributed by atoms with Crippen LogP contribution < -0.4 is 0 Å². The standard InChI is InChI=1S/C21H15ClN2O3S/c1-12-2-4-14(5-3-12)18(25)16-17(13-6-8-15(22)9-7-13)24(20(27)19(16)26)21-23-10-11-28-21/h2-11,26-27H,1H3. The number of benzene rings is 2. The first kappa shape index (κ1) is 18.3. The molecular formula is C21H15ClN2O3S. The summed E-state index contributed by atoms with van der Waals surface area (Å²) in [6.07, 6.45) is 1.59. The zero-order valence-electron chi connectivity index (χ0n) is 14.8. The minimum absolute atomic E-state index is 0.0128. The zero-order chi connectivity index (χ0) is 19.8. The molecule has 0 aliphatic carbocycles. The molecule has 2 aromatic heterocycles. The van der Waals surface area contributed by atoms with Crippen molar-refractivity contribution in [2.75, 3.05) is 0 Å². The highest BCUT2D eigenvalue weighted by atomic mass is 35.5. The van der Waals surface area contributed by atoms with E-state index in [0.29, 0.717) is 27.0 Å². The highest BCUT2D eigenvalue weighted by Crippen LogP contribution is 2.44. The maximum Gasteiger partial charge on any atom is 0.242 e. The second-order valence-electron chi connectivity index (χ2n) is 6.25. The van der Waals surface area contributed by atoms with Crippen LogP contribution in [0.25, 0.3) is 16.4 Å². The van der Waals surface area contributed by atoms with Crippen LogP contribution in [0.5, 0.6) is 11.6 Å². The molecule has 2 N–H and O–H groups in total. The van der Waals surface area contributed by atoms with Crippen LogP contribution in [-0.4, -0.2) is 25.5 Å². The van der Waals surface area contributed by atoms with Gasteiger partial charge in [0.2, 0.25) is 5.88 Å². The minimum Gasteiger partial charge on any atom is -0.503 e. The molecule has 0 bridgehead atoms. The number of thiazole rings is 1. The number of halogens is 1. The molecule has 140 valence electrons. The summed E-state index contributed by atoms with van der Waals surface area (Å²) in [5.41, 5.74) is 2.41. The van der Waals surface area contributed by atoms with Crippen LogP contribution in [0.1, 0.15) is 21.5 Å². The lowest BCUT2D eigenvalue weighted by Crippen LogP contribution is -2.05. The quantitative estimate of drug-likeness (QED) is 0.453. The largest absolute Gasteiger partial charge is 0.503 e. The average Bonchev–Trinajstić information content (AvgIpc) is 3.30. The number of carbonyl (C=O) groups is 1. The van der Waals surface area contributed by atoms with Gasteiger partial charge in [-0.3, -0.25) is 9.36 Å². The van der Waals surface area contributed by atoms with Gasteiger partial charge in [-0.15, -0.1) is 11.3 Å². The van der Waals surface area contributed by atoms with Crippen molar-refractivity contribution in [3.8, 4) is 28.0 Å². The fourth-order valence-corrected chi connectivity index (χ4v) is 3.78. The first-order valence-corrected chi connectivity index (χ1v) is 9.67. The Morgan fingerprint density at radius 2 is 1.75 bits per heavy atom. The SMILES string of the molecule is Cc1ccc(C(=O)c2c(O)c(O)n(-c3nccs3)c2-c2ccc(Cl)cc2)cc1. The van der Waals surface area contributed by atoms with Crippen molar-refractivity contribution in [3.63, 3.8) is 0 Å². The van der Waals surface area contributed by atoms with Crippen molar-refractivity contribution in [2.45, 2.75) is 6.92 Å². The number of aromatic hydroxyl groups is 2. The van der Waals surface area contributed by atoms with Crippen LogP contribution in [0.2, 0.25) is 5.02 Å². The van der Waals surface area contributed by atoms with Gasteiger partial charge < -0.3 is 10.2 Å². The number of nitrogens with zero attached hydrogens (tertiary/aromatic N) is 2. The molecule has 0 amide bonds. The second-order valence-corrected chi connectivity index (χ2v) is 7.56. The van der Waals surface area contributed by atoms with Gasteiger partial charge in [-0.25, -0.2) is 4.98 Å². The summed E-state index contributed by atoms with van der Waals surface area (Å²) in [4.78, 5) is 17.5. The Hall–Kier alpha value is -3.09. The molecule has 0 atom stereocenters. The molecule has 0 aliphatic heterocycles. The molecule has 28 heavy (non-hydrogen) atoms. The van der Waals surface area contributed by atoms with Gasteiger partial charge in [0.25, 0.3) is 0 Å². The van der Waals surface area contributed by atoms with Crippen molar-refractivity contribution in [3.05, 3.63) is 81.8 Å². The second kappa shape index (κ2) is 7.14. The summed E-state index contributed by atoms with van der Waals surface area (Å²) in [7, 11) is 0. The molecule has 2 heterocycles. The molecule has 2 aromatic carbocycles. The summed E-state index contributed by atoms with van der Waals surface area (Å²) < 4.78 is 1.38. The summed E-state index contributed by atoms with van der Waals surface area (Å²) in [6, 6.07) is 13.9. The molecule has 0 unspecified atom stereocenters. The highest BCUT2D eigenvalue weighted by Gasteiger charge is 2.30. The van der Waals surface area contributed by atoms with E-state index in [1.54, 1.807) is 48.0 Å². The lowest BCUT2D eigenvalue weighted by molar-refractivity contribution is 0.103. The number of aryl methyl sites for hydroxylation is 1. The zero-order valence-corrected chi connectivity index (χ0v) is 16.3. The van der Waals surface area contributed by atoms with E-state index >= 15 is 0 Å². The molecule has 0 radical (unpaired) electrons. The first-order chi connectivity index (χ1) is 13.5. The Morgan fingerprint density at radius 3 is 2.36 bits per heavy atom. The first-order valence-electron chi connectivity index (χ1n) is 8.41. The van der Waals surface area contributed by atoms with Crippen LogP contribution in [0.15, 0.2) is 60.1 Å². The van der Waals surface area contributed by atoms with Gasteiger partial charge in [-0.2, -0.15) is 0 Å². The third-order valence-corrected chi connectivity index (χ3v) is 5.40. The van der Waals surface area contributed by atoms with Crippen LogP contribution in [-0.2, 0) is 0 Å². The van der Waals surface area contributed by atoms with Crippen molar-refractivity contribution in [2.24, 2.45) is 0 Å². The van der Waals surface area contributed by atoms with E-state index in [-0.39, 0.29) is 5.56 Å². The maximum atomic E-state index is 13.2. The molecule has 4 aromatic rings. The summed E-state index contributed by atoms with van der Waals surface area (Å²) in [6.45, 7) is 1.93. The highest BCUT2D eigenvalue weighted by molar-refractivity contribution is 7.12. The molecule has 0 saturated heterocycles. The van der Waals surface area contributed by atoms with Crippen molar-refractivity contribution < 1.29 is 15.0 Å². The van der Waals surface area contributed by atoms with Crippen molar-refractivity contribution in [1.29, 1.82) is 0 Å². The molecule has 0 saturated carbocycles. The predicted octanol–water partition coefficient (Wildman–Crippen LogP) is 5.20. The van der Waals surface area contributed by atoms with Crippen molar-refractivity contribution >= 4 is 28.7 Å². The lowest BCUT2D eigenvalue weighted by Gasteiger charge is -2.10. The summed E-state index contributed by atoms with van der Waals surface area (Å²) in [5.74, 6) is -1.31. The van der Waals surface area contributed by atoms with Crippen LogP contribution in [0.4, 0.5) is 0 Å². The topological polar surface area (TPSA) is 75.3 Å². The number of hydrogen-bond donors (Lipinski definition) is 2. The molecular weight excluding hydrogens is 396 g/mol. The fourth-order valence-electron chi connectivity index (χ4n) is 3.01. The predicted molar refractivity (Wildman–Crippen MR) is 110 cm³/mol. The number of aromatic nitrogens is 2. The van der Waals surface area contributed by atoms with Crippen LogP contribution in [0, 0.1) is 6.92 Å². The van der Waals surface area contributed by atoms with Crippen molar-refractivity contribution in [1.82, 2.24) is 9.55 Å². The normalized spacial score (nSPS) is 10.9. The lowest BCUT2D eigenvalue weighted by atomic mass is 9.98. The van der Waals surface area contributed by atoms with Crippen LogP contribution in [0.3, 0.4) is 0 Å². The monoisotopic (exact) mass is 410 g/mol. The number of hydrogen-bond acceptors (Lipinski definition) is 5. The summed E-state index contributed by atoms with van der Waals surface area (Å²) in [5, 5.41) is 24.0. The van der Waals surface area contributed by atoms with Gasteiger partial charge in [-0.1, -0.05) is 53.6 Å². The minimum atomic E-state index is -0.481. The third kappa shape index (κ3) is 3.06. The molecule has 7 heteroatoms. The van der Waals surface area contributed by atoms with E-state index < -0.39 is 17.4 Å². The average molecular weight is 411 g/mol. The van der Waals surface area contributed by atoms with Gasteiger partial charge in [0.05, 0.1) is 11.3 Å². The van der Waals surface area contributed by atoms with Gasteiger partial charge >= 0.3 is 0 Å². The number of rotatable bonds is 4. The van der Waals surface area contributed by atoms with E-state index in [1.165, 1.54) is 15.9 Å². The Kier molecular flexibility index (Phi) is 4.66. The van der Waals surface area contributed by atoms with E-state index in [9.17, 15) is 15.0 Å². The van der Waals surface area contributed by atoms with Crippen LogP contribution >= 0.6 is 22.9 Å². The Labute approximate surface area is 170 Å². The summed E-state index contributed by atoms with van der Waals surface area (Å²) >= 11 is 7.28. The maximum absolute atomic E-state index is 13.2. The Morgan fingerprint density at radius 1 is 1.07 bits per heavy atom. The fraction of sp³-hybridized carbons (Fsp3) is 0.0476. The molecule has 0 fully saturated rings. The smallest absolute Gasteiger partial charge is 0.242 e. The van der Waals surface area contributed by atoms with Gasteiger partial charge in [0.1, 0.15) is 0 Å².